The number of nitrogens with one attached hydrogen (secondary N) is 1. The fraction of sp³-hybridized carbons (Fsp3) is 0.385. The molecule has 0 saturated carbocycles. The smallest absolute Gasteiger partial charge is 0.169 e. The second-order valence-corrected chi connectivity index (χ2v) is 5.91. The fourth-order valence-electron chi connectivity index (χ4n) is 1.69. The first-order valence-electron chi connectivity index (χ1n) is 6.13. The van der Waals surface area contributed by atoms with Crippen LogP contribution < -0.4 is 10.1 Å². The quantitative estimate of drug-likeness (QED) is 0.796. The number of benzene rings is 1. The lowest BCUT2D eigenvalue weighted by Gasteiger charge is -2.16. The lowest BCUT2D eigenvalue weighted by molar-refractivity contribution is 0.340. The van der Waals surface area contributed by atoms with Crippen LogP contribution in [0.15, 0.2) is 34.9 Å². The summed E-state index contributed by atoms with van der Waals surface area (Å²) in [6, 6.07) is 8.53. The van der Waals surface area contributed by atoms with Crippen LogP contribution in [-0.2, 0) is 0 Å². The van der Waals surface area contributed by atoms with E-state index in [1.165, 1.54) is 17.1 Å². The Morgan fingerprint density at radius 2 is 2.16 bits per heavy atom. The van der Waals surface area contributed by atoms with Crippen LogP contribution in [0.3, 0.4) is 0 Å². The van der Waals surface area contributed by atoms with Crippen LogP contribution in [0.4, 0.5) is 0 Å². The Hall–Kier alpha value is -1.11. The number of nitrogens with zero attached hydrogens (tertiary/aromatic N) is 2. The van der Waals surface area contributed by atoms with Gasteiger partial charge in [0.1, 0.15) is 12.1 Å². The van der Waals surface area contributed by atoms with Crippen molar-refractivity contribution in [2.24, 2.45) is 0 Å². The molecular formula is C13H17N3OS2. The van der Waals surface area contributed by atoms with Gasteiger partial charge in [0.05, 0.1) is 6.61 Å². The third kappa shape index (κ3) is 4.19. The number of aromatic nitrogens is 2. The highest BCUT2D eigenvalue weighted by Crippen LogP contribution is 2.26. The predicted octanol–water partition coefficient (Wildman–Crippen LogP) is 2.99. The largest absolute Gasteiger partial charge is 0.494 e. The Balaban J connectivity index is 1.96. The normalized spacial score (nSPS) is 12.3. The summed E-state index contributed by atoms with van der Waals surface area (Å²) in [6.45, 7) is 2.69. The number of rotatable bonds is 7. The maximum absolute atomic E-state index is 5.45. The molecule has 2 aromatic rings. The van der Waals surface area contributed by atoms with E-state index < -0.39 is 0 Å². The van der Waals surface area contributed by atoms with Gasteiger partial charge in [-0.05, 0) is 43.2 Å². The zero-order valence-electron chi connectivity index (χ0n) is 11.0. The zero-order chi connectivity index (χ0) is 13.5. The Labute approximate surface area is 121 Å². The molecule has 1 atom stereocenters. The lowest BCUT2D eigenvalue weighted by Crippen LogP contribution is -2.18. The molecule has 0 aliphatic carbocycles. The molecule has 0 aliphatic heterocycles. The molecule has 0 amide bonds. The zero-order valence-corrected chi connectivity index (χ0v) is 12.6. The number of ether oxygens (including phenoxy) is 1. The van der Waals surface area contributed by atoms with Crippen LogP contribution in [-0.4, -0.2) is 28.8 Å². The van der Waals surface area contributed by atoms with E-state index in [-0.39, 0.29) is 0 Å². The second-order valence-electron chi connectivity index (χ2n) is 3.86. The van der Waals surface area contributed by atoms with Crippen LogP contribution in [0, 0.1) is 0 Å². The van der Waals surface area contributed by atoms with Crippen molar-refractivity contribution in [1.82, 2.24) is 14.7 Å². The highest BCUT2D eigenvalue weighted by atomic mass is 32.2. The van der Waals surface area contributed by atoms with E-state index in [0.29, 0.717) is 12.6 Å². The standard InChI is InChI=1S/C13H17N3OS2/c1-3-17-11-6-4-10(5-7-11)12(14-2)8-18-13-15-9-16-19-13/h4-7,9,12,14H,3,8H2,1-2H3. The van der Waals surface area contributed by atoms with Crippen molar-refractivity contribution in [2.75, 3.05) is 19.4 Å². The molecule has 1 heterocycles. The average Bonchev–Trinajstić information content (AvgIpc) is 2.95. The molecule has 4 nitrogen and oxygen atoms in total. The Morgan fingerprint density at radius 1 is 1.37 bits per heavy atom. The van der Waals surface area contributed by atoms with Gasteiger partial charge in [0, 0.05) is 11.8 Å². The van der Waals surface area contributed by atoms with Crippen LogP contribution >= 0.6 is 23.3 Å². The van der Waals surface area contributed by atoms with Gasteiger partial charge in [0.2, 0.25) is 0 Å². The third-order valence-corrected chi connectivity index (χ3v) is 4.55. The molecule has 0 spiro atoms. The van der Waals surface area contributed by atoms with Gasteiger partial charge in [-0.3, -0.25) is 0 Å². The second kappa shape index (κ2) is 7.47. The molecule has 1 aromatic heterocycles. The van der Waals surface area contributed by atoms with E-state index in [4.69, 9.17) is 4.74 Å². The summed E-state index contributed by atoms with van der Waals surface area (Å²) in [5.41, 5.74) is 1.25. The molecular weight excluding hydrogens is 278 g/mol. The Morgan fingerprint density at radius 3 is 2.74 bits per heavy atom. The molecule has 102 valence electrons. The van der Waals surface area contributed by atoms with Crippen molar-refractivity contribution in [3.8, 4) is 5.75 Å². The van der Waals surface area contributed by atoms with Crippen LogP contribution in [0.2, 0.25) is 0 Å². The maximum atomic E-state index is 5.45. The minimum absolute atomic E-state index is 0.296. The molecule has 0 aliphatic rings. The summed E-state index contributed by atoms with van der Waals surface area (Å²) in [4.78, 5) is 4.18. The molecule has 0 fully saturated rings. The molecule has 1 unspecified atom stereocenters. The molecule has 19 heavy (non-hydrogen) atoms. The van der Waals surface area contributed by atoms with Gasteiger partial charge in [-0.2, -0.15) is 4.37 Å². The SMILES string of the molecule is CCOc1ccc(C(CSc2ncns2)NC)cc1. The Kier molecular flexibility index (Phi) is 5.62. The molecule has 6 heteroatoms. The fourth-order valence-corrected chi connectivity index (χ4v) is 3.30. The van der Waals surface area contributed by atoms with Gasteiger partial charge in [-0.15, -0.1) is 0 Å². The minimum Gasteiger partial charge on any atom is -0.494 e. The van der Waals surface area contributed by atoms with Gasteiger partial charge in [0.25, 0.3) is 0 Å². The summed E-state index contributed by atoms with van der Waals surface area (Å²) >= 11 is 3.15. The van der Waals surface area contributed by atoms with E-state index in [1.54, 1.807) is 18.1 Å². The molecule has 1 N–H and O–H groups in total. The number of hydrogen-bond acceptors (Lipinski definition) is 6. The summed E-state index contributed by atoms with van der Waals surface area (Å²) in [6.07, 6.45) is 1.60. The number of thioether (sulfide) groups is 1. The van der Waals surface area contributed by atoms with E-state index >= 15 is 0 Å². The average molecular weight is 295 g/mol. The van der Waals surface area contributed by atoms with Gasteiger partial charge in [0.15, 0.2) is 4.34 Å². The first-order valence-corrected chi connectivity index (χ1v) is 7.89. The summed E-state index contributed by atoms with van der Waals surface area (Å²) < 4.78 is 10.5. The van der Waals surface area contributed by atoms with Crippen molar-refractivity contribution < 1.29 is 4.74 Å². The molecule has 0 bridgehead atoms. The highest BCUT2D eigenvalue weighted by molar-refractivity contribution is 8.00. The minimum atomic E-state index is 0.296. The van der Waals surface area contributed by atoms with Crippen LogP contribution in [0.1, 0.15) is 18.5 Å². The predicted molar refractivity (Wildman–Crippen MR) is 80.0 cm³/mol. The third-order valence-electron chi connectivity index (χ3n) is 2.66. The molecule has 0 radical (unpaired) electrons. The highest BCUT2D eigenvalue weighted by Gasteiger charge is 2.11. The monoisotopic (exact) mass is 295 g/mol. The summed E-state index contributed by atoms with van der Waals surface area (Å²) in [5.74, 6) is 1.84. The van der Waals surface area contributed by atoms with Crippen molar-refractivity contribution in [2.45, 2.75) is 17.3 Å². The first kappa shape index (κ1) is 14.3. The topological polar surface area (TPSA) is 47.0 Å². The van der Waals surface area contributed by atoms with Crippen molar-refractivity contribution in [3.63, 3.8) is 0 Å². The first-order chi connectivity index (χ1) is 9.33. The van der Waals surface area contributed by atoms with E-state index in [2.05, 4.69) is 26.8 Å². The molecule has 2 rings (SSSR count). The molecule has 0 saturated heterocycles. The van der Waals surface area contributed by atoms with Gasteiger partial charge < -0.3 is 10.1 Å². The van der Waals surface area contributed by atoms with Crippen molar-refractivity contribution in [1.29, 1.82) is 0 Å². The van der Waals surface area contributed by atoms with Crippen LogP contribution in [0.25, 0.3) is 0 Å². The van der Waals surface area contributed by atoms with Crippen molar-refractivity contribution >= 4 is 23.3 Å². The lowest BCUT2D eigenvalue weighted by atomic mass is 10.1. The Bertz CT molecular complexity index is 473. The van der Waals surface area contributed by atoms with E-state index in [0.717, 1.165) is 15.8 Å². The van der Waals surface area contributed by atoms with Crippen molar-refractivity contribution in [3.05, 3.63) is 36.2 Å². The summed E-state index contributed by atoms with van der Waals surface area (Å²) in [5, 5.41) is 3.33. The maximum Gasteiger partial charge on any atom is 0.169 e. The van der Waals surface area contributed by atoms with Crippen LogP contribution in [0.5, 0.6) is 5.75 Å². The summed E-state index contributed by atoms with van der Waals surface area (Å²) in [7, 11) is 1.97. The number of hydrogen-bond donors (Lipinski definition) is 1. The van der Waals surface area contributed by atoms with Gasteiger partial charge in [-0.25, -0.2) is 4.98 Å². The van der Waals surface area contributed by atoms with E-state index in [1.807, 2.05) is 26.1 Å². The molecule has 1 aromatic carbocycles. The van der Waals surface area contributed by atoms with E-state index in [9.17, 15) is 0 Å². The van der Waals surface area contributed by atoms with Gasteiger partial charge in [-0.1, -0.05) is 23.9 Å². The van der Waals surface area contributed by atoms with Gasteiger partial charge >= 0.3 is 0 Å².